The number of nitrogens with one attached hydrogen (secondary N) is 1. The van der Waals surface area contributed by atoms with Crippen molar-refractivity contribution in [2.24, 2.45) is 0 Å². The highest BCUT2D eigenvalue weighted by Gasteiger charge is 2.20. The lowest BCUT2D eigenvalue weighted by Crippen LogP contribution is -2.39. The van der Waals surface area contributed by atoms with Crippen molar-refractivity contribution in [3.05, 3.63) is 0 Å². The molecule has 0 amide bonds. The van der Waals surface area contributed by atoms with Crippen LogP contribution in [0.5, 0.6) is 0 Å². The summed E-state index contributed by atoms with van der Waals surface area (Å²) in [6.45, 7) is 6.65. The fraction of sp³-hybridized carbons (Fsp3) is 0.900. The molecule has 0 spiro atoms. The lowest BCUT2D eigenvalue weighted by Gasteiger charge is -2.21. The summed E-state index contributed by atoms with van der Waals surface area (Å²) >= 11 is 0. The molecule has 0 aromatic carbocycles. The van der Waals surface area contributed by atoms with Crippen LogP contribution in [0.4, 0.5) is 0 Å². The summed E-state index contributed by atoms with van der Waals surface area (Å²) in [6, 6.07) is 2.23. The zero-order valence-electron chi connectivity index (χ0n) is 9.05. The molecule has 0 rings (SSSR count). The first-order chi connectivity index (χ1) is 6.08. The minimum atomic E-state index is -0.451. The molecule has 2 atom stereocenters. The summed E-state index contributed by atoms with van der Waals surface area (Å²) in [5.74, 6) is 0. The van der Waals surface area contributed by atoms with E-state index >= 15 is 0 Å². The third kappa shape index (κ3) is 4.87. The maximum absolute atomic E-state index is 8.84. The largest absolute Gasteiger partial charge is 0.378 e. The average molecular weight is 184 g/mol. The molecule has 0 aromatic rings. The molecule has 0 saturated carbocycles. The smallest absolute Gasteiger partial charge is 0.105 e. The van der Waals surface area contributed by atoms with Gasteiger partial charge < -0.3 is 10.1 Å². The van der Waals surface area contributed by atoms with Gasteiger partial charge in [-0.05, 0) is 27.3 Å². The van der Waals surface area contributed by atoms with Crippen LogP contribution in [0.15, 0.2) is 0 Å². The van der Waals surface area contributed by atoms with Gasteiger partial charge in [0.05, 0.1) is 12.2 Å². The number of rotatable bonds is 6. The second-order valence-electron chi connectivity index (χ2n) is 3.53. The van der Waals surface area contributed by atoms with Crippen molar-refractivity contribution in [3.8, 4) is 6.07 Å². The van der Waals surface area contributed by atoms with E-state index in [1.54, 1.807) is 7.05 Å². The fourth-order valence-corrected chi connectivity index (χ4v) is 0.819. The van der Waals surface area contributed by atoms with Gasteiger partial charge in [-0.2, -0.15) is 5.26 Å². The molecule has 0 bridgehead atoms. The van der Waals surface area contributed by atoms with Crippen LogP contribution in [0.1, 0.15) is 33.6 Å². The molecular weight excluding hydrogens is 164 g/mol. The Hall–Kier alpha value is -0.590. The molecule has 0 saturated heterocycles. The molecule has 76 valence electrons. The summed E-state index contributed by atoms with van der Waals surface area (Å²) in [5.41, 5.74) is -0.451. The zero-order valence-corrected chi connectivity index (χ0v) is 9.05. The standard InChI is InChI=1S/C10H20N2O/c1-5-9(2)13-7-6-10(3,8-11)12-4/h9,12H,5-7H2,1-4H3. The van der Waals surface area contributed by atoms with Crippen molar-refractivity contribution >= 4 is 0 Å². The Labute approximate surface area is 81.1 Å². The Balaban J connectivity index is 3.69. The summed E-state index contributed by atoms with van der Waals surface area (Å²) < 4.78 is 5.50. The van der Waals surface area contributed by atoms with Crippen molar-refractivity contribution in [1.29, 1.82) is 5.26 Å². The molecule has 1 N–H and O–H groups in total. The SMILES string of the molecule is CCC(C)OCCC(C)(C#N)NC. The first-order valence-corrected chi connectivity index (χ1v) is 4.79. The van der Waals surface area contributed by atoms with Crippen molar-refractivity contribution < 1.29 is 4.74 Å². The maximum Gasteiger partial charge on any atom is 0.105 e. The van der Waals surface area contributed by atoms with Gasteiger partial charge in [-0.1, -0.05) is 6.92 Å². The van der Waals surface area contributed by atoms with Crippen LogP contribution in [0.3, 0.4) is 0 Å². The van der Waals surface area contributed by atoms with Crippen molar-refractivity contribution in [2.75, 3.05) is 13.7 Å². The third-order valence-corrected chi connectivity index (χ3v) is 2.38. The highest BCUT2D eigenvalue weighted by molar-refractivity contribution is 5.02. The molecule has 3 heteroatoms. The second-order valence-corrected chi connectivity index (χ2v) is 3.53. The van der Waals surface area contributed by atoms with E-state index in [1.165, 1.54) is 0 Å². The molecule has 2 unspecified atom stereocenters. The van der Waals surface area contributed by atoms with Crippen LogP contribution in [-0.2, 0) is 4.74 Å². The van der Waals surface area contributed by atoms with E-state index in [1.807, 2.05) is 13.8 Å². The molecule has 0 aliphatic rings. The minimum absolute atomic E-state index is 0.291. The molecule has 0 aliphatic heterocycles. The molecule has 3 nitrogen and oxygen atoms in total. The predicted molar refractivity (Wildman–Crippen MR) is 53.4 cm³/mol. The summed E-state index contributed by atoms with van der Waals surface area (Å²) in [7, 11) is 1.80. The van der Waals surface area contributed by atoms with Crippen LogP contribution in [-0.4, -0.2) is 25.3 Å². The number of hydrogen-bond donors (Lipinski definition) is 1. The van der Waals surface area contributed by atoms with Gasteiger partial charge in [0.25, 0.3) is 0 Å². The minimum Gasteiger partial charge on any atom is -0.378 e. The van der Waals surface area contributed by atoms with Crippen LogP contribution in [0.25, 0.3) is 0 Å². The van der Waals surface area contributed by atoms with E-state index in [2.05, 4.69) is 18.3 Å². The topological polar surface area (TPSA) is 45.0 Å². The maximum atomic E-state index is 8.84. The van der Waals surface area contributed by atoms with Gasteiger partial charge in [-0.25, -0.2) is 0 Å². The summed E-state index contributed by atoms with van der Waals surface area (Å²) in [5, 5.41) is 11.8. The Bertz CT molecular complexity index is 176. The molecular formula is C10H20N2O. The third-order valence-electron chi connectivity index (χ3n) is 2.38. The van der Waals surface area contributed by atoms with Crippen molar-refractivity contribution in [1.82, 2.24) is 5.32 Å². The highest BCUT2D eigenvalue weighted by Crippen LogP contribution is 2.08. The van der Waals surface area contributed by atoms with Gasteiger partial charge in [0.2, 0.25) is 0 Å². The fourth-order valence-electron chi connectivity index (χ4n) is 0.819. The molecule has 0 fully saturated rings. The Kier molecular flexibility index (Phi) is 5.68. The second kappa shape index (κ2) is 5.95. The number of nitrogens with zero attached hydrogens (tertiary/aromatic N) is 1. The van der Waals surface area contributed by atoms with Gasteiger partial charge in [-0.15, -0.1) is 0 Å². The lowest BCUT2D eigenvalue weighted by atomic mass is 10.0. The zero-order chi connectivity index (χ0) is 10.3. The van der Waals surface area contributed by atoms with E-state index in [9.17, 15) is 0 Å². The van der Waals surface area contributed by atoms with Gasteiger partial charge in [0.15, 0.2) is 0 Å². The Morgan fingerprint density at radius 1 is 1.62 bits per heavy atom. The first kappa shape index (κ1) is 12.4. The molecule has 0 heterocycles. The van der Waals surface area contributed by atoms with E-state index in [4.69, 9.17) is 10.00 Å². The van der Waals surface area contributed by atoms with E-state index in [-0.39, 0.29) is 0 Å². The summed E-state index contributed by atoms with van der Waals surface area (Å²) in [4.78, 5) is 0. The molecule has 0 aliphatic carbocycles. The number of hydrogen-bond acceptors (Lipinski definition) is 3. The molecule has 13 heavy (non-hydrogen) atoms. The molecule has 0 aromatic heterocycles. The van der Waals surface area contributed by atoms with E-state index in [0.29, 0.717) is 12.7 Å². The van der Waals surface area contributed by atoms with E-state index < -0.39 is 5.54 Å². The van der Waals surface area contributed by atoms with Crippen LogP contribution in [0, 0.1) is 11.3 Å². The highest BCUT2D eigenvalue weighted by atomic mass is 16.5. The average Bonchev–Trinajstić information content (AvgIpc) is 2.17. The van der Waals surface area contributed by atoms with Crippen molar-refractivity contribution in [2.45, 2.75) is 45.3 Å². The first-order valence-electron chi connectivity index (χ1n) is 4.79. The van der Waals surface area contributed by atoms with Gasteiger partial charge in [-0.3, -0.25) is 0 Å². The summed E-state index contributed by atoms with van der Waals surface area (Å²) in [6.07, 6.45) is 2.03. The monoisotopic (exact) mass is 184 g/mol. The van der Waals surface area contributed by atoms with Crippen LogP contribution >= 0.6 is 0 Å². The van der Waals surface area contributed by atoms with Crippen LogP contribution in [0.2, 0.25) is 0 Å². The quantitative estimate of drug-likeness (QED) is 0.683. The van der Waals surface area contributed by atoms with Gasteiger partial charge >= 0.3 is 0 Å². The molecule has 0 radical (unpaired) electrons. The van der Waals surface area contributed by atoms with E-state index in [0.717, 1.165) is 12.8 Å². The van der Waals surface area contributed by atoms with Gasteiger partial charge in [0.1, 0.15) is 5.54 Å². The number of ether oxygens (including phenoxy) is 1. The van der Waals surface area contributed by atoms with Gasteiger partial charge in [0, 0.05) is 13.0 Å². The van der Waals surface area contributed by atoms with Crippen molar-refractivity contribution in [3.63, 3.8) is 0 Å². The normalized spacial score (nSPS) is 17.5. The number of nitriles is 1. The Morgan fingerprint density at radius 2 is 2.23 bits per heavy atom. The Morgan fingerprint density at radius 3 is 2.62 bits per heavy atom. The lowest BCUT2D eigenvalue weighted by molar-refractivity contribution is 0.0541. The predicted octanol–water partition coefficient (Wildman–Crippen LogP) is 1.69. The van der Waals surface area contributed by atoms with Crippen LogP contribution < -0.4 is 5.32 Å².